The Morgan fingerprint density at radius 2 is 2.19 bits per heavy atom. The summed E-state index contributed by atoms with van der Waals surface area (Å²) in [5.74, 6) is -0.762. The molecule has 1 fully saturated rings. The van der Waals surface area contributed by atoms with Crippen LogP contribution < -0.4 is 5.32 Å². The Balaban J connectivity index is 1.83. The molecule has 2 atom stereocenters. The van der Waals surface area contributed by atoms with Crippen molar-refractivity contribution >= 4 is 33.2 Å². The van der Waals surface area contributed by atoms with Gasteiger partial charge in [0, 0.05) is 41.4 Å². The van der Waals surface area contributed by atoms with Crippen molar-refractivity contribution in [3.63, 3.8) is 0 Å². The summed E-state index contributed by atoms with van der Waals surface area (Å²) in [6.07, 6.45) is 1.52. The number of esters is 1. The van der Waals surface area contributed by atoms with Gasteiger partial charge in [0.15, 0.2) is 0 Å². The quantitative estimate of drug-likeness (QED) is 0.619. The number of nitrogens with zero attached hydrogens (tertiary/aromatic N) is 3. The second-order valence-corrected chi connectivity index (χ2v) is 9.20. The molecule has 0 bridgehead atoms. The van der Waals surface area contributed by atoms with Crippen molar-refractivity contribution in [2.45, 2.75) is 12.2 Å². The van der Waals surface area contributed by atoms with E-state index < -0.39 is 12.0 Å². The number of ether oxygens (including phenoxy) is 2. The lowest BCUT2D eigenvalue weighted by Gasteiger charge is -2.43. The third-order valence-electron chi connectivity index (χ3n) is 5.56. The lowest BCUT2D eigenvalue weighted by atomic mass is 9.92. The molecular weight excluding hydrogens is 487 g/mol. The molecule has 0 spiro atoms. The first-order valence-corrected chi connectivity index (χ1v) is 11.6. The van der Waals surface area contributed by atoms with Crippen LogP contribution in [0, 0.1) is 5.82 Å². The summed E-state index contributed by atoms with van der Waals surface area (Å²) in [5, 5.41) is 6.34. The molecule has 7 nitrogen and oxygen atoms in total. The predicted octanol–water partition coefficient (Wildman–Crippen LogP) is 3.08. The average Bonchev–Trinajstić information content (AvgIpc) is 3.30. The van der Waals surface area contributed by atoms with Crippen LogP contribution >= 0.6 is 27.3 Å². The Kier molecular flexibility index (Phi) is 7.02. The molecule has 2 unspecified atom stereocenters. The zero-order chi connectivity index (χ0) is 22.0. The first kappa shape index (κ1) is 22.3. The zero-order valence-electron chi connectivity index (χ0n) is 17.3. The maximum atomic E-state index is 13.8. The fourth-order valence-corrected chi connectivity index (χ4v) is 5.33. The molecule has 166 valence electrons. The van der Waals surface area contributed by atoms with Crippen LogP contribution in [0.2, 0.25) is 0 Å². The molecule has 0 aliphatic carbocycles. The number of halogens is 2. The van der Waals surface area contributed by atoms with Crippen LogP contribution in [0.4, 0.5) is 4.39 Å². The fraction of sp³-hybridized carbons (Fsp3) is 0.429. The first-order valence-electron chi connectivity index (χ1n) is 9.94. The number of benzene rings is 1. The van der Waals surface area contributed by atoms with Gasteiger partial charge in [-0.25, -0.2) is 14.2 Å². The zero-order valence-corrected chi connectivity index (χ0v) is 19.7. The maximum absolute atomic E-state index is 13.8. The van der Waals surface area contributed by atoms with Crippen molar-refractivity contribution in [1.29, 1.82) is 0 Å². The molecule has 3 heterocycles. The van der Waals surface area contributed by atoms with Gasteiger partial charge in [-0.15, -0.1) is 11.3 Å². The molecule has 2 aliphatic rings. The van der Waals surface area contributed by atoms with Gasteiger partial charge in [-0.2, -0.15) is 0 Å². The second kappa shape index (κ2) is 9.74. The monoisotopic (exact) mass is 510 g/mol. The van der Waals surface area contributed by atoms with Crippen molar-refractivity contribution in [2.24, 2.45) is 0 Å². The largest absolute Gasteiger partial charge is 0.466 e. The number of nitrogens with one attached hydrogen (secondary N) is 1. The van der Waals surface area contributed by atoms with Crippen LogP contribution in [0.3, 0.4) is 0 Å². The summed E-state index contributed by atoms with van der Waals surface area (Å²) in [7, 11) is 3.30. The molecule has 2 aromatic rings. The van der Waals surface area contributed by atoms with Gasteiger partial charge in [0.05, 0.1) is 31.9 Å². The minimum Gasteiger partial charge on any atom is -0.466 e. The van der Waals surface area contributed by atoms with E-state index in [1.165, 1.54) is 19.2 Å². The highest BCUT2D eigenvalue weighted by Gasteiger charge is 2.41. The summed E-state index contributed by atoms with van der Waals surface area (Å²) < 4.78 is 25.1. The first-order chi connectivity index (χ1) is 15.0. The molecular formula is C21H24BrFN4O3S. The summed E-state index contributed by atoms with van der Waals surface area (Å²) in [6, 6.07) is 4.08. The van der Waals surface area contributed by atoms with E-state index in [0.29, 0.717) is 29.8 Å². The van der Waals surface area contributed by atoms with E-state index in [-0.39, 0.29) is 12.0 Å². The van der Waals surface area contributed by atoms with Gasteiger partial charge in [0.2, 0.25) is 0 Å². The Bertz CT molecular complexity index is 966. The van der Waals surface area contributed by atoms with Crippen molar-refractivity contribution < 1.29 is 18.7 Å². The van der Waals surface area contributed by atoms with Crippen LogP contribution in [0.15, 0.2) is 45.5 Å². The molecule has 2 aliphatic heterocycles. The van der Waals surface area contributed by atoms with Gasteiger partial charge < -0.3 is 14.8 Å². The maximum Gasteiger partial charge on any atom is 0.337 e. The number of morpholine rings is 1. The SMILES string of the molecule is COC(=O)C1=C(CN2CCOCC2)NC(c2nccs2)N(C)C1c1ccc(F)cc1Br. The smallest absolute Gasteiger partial charge is 0.337 e. The lowest BCUT2D eigenvalue weighted by Crippen LogP contribution is -2.49. The predicted molar refractivity (Wildman–Crippen MR) is 119 cm³/mol. The number of methoxy groups -OCH3 is 1. The molecule has 0 saturated carbocycles. The van der Waals surface area contributed by atoms with Crippen LogP contribution in [-0.4, -0.2) is 67.8 Å². The third kappa shape index (κ3) is 4.68. The number of rotatable bonds is 5. The lowest BCUT2D eigenvalue weighted by molar-refractivity contribution is -0.137. The molecule has 0 amide bonds. The number of hydrogen-bond donors (Lipinski definition) is 1. The van der Waals surface area contributed by atoms with Gasteiger partial charge >= 0.3 is 5.97 Å². The number of hydrogen-bond acceptors (Lipinski definition) is 8. The average molecular weight is 511 g/mol. The van der Waals surface area contributed by atoms with Crippen molar-refractivity contribution in [3.8, 4) is 0 Å². The van der Waals surface area contributed by atoms with Crippen LogP contribution in [0.5, 0.6) is 0 Å². The van der Waals surface area contributed by atoms with E-state index in [1.807, 2.05) is 17.3 Å². The molecule has 31 heavy (non-hydrogen) atoms. The highest BCUT2D eigenvalue weighted by molar-refractivity contribution is 9.10. The van der Waals surface area contributed by atoms with Gasteiger partial charge in [0.1, 0.15) is 17.0 Å². The molecule has 1 aromatic heterocycles. The topological polar surface area (TPSA) is 66.9 Å². The summed E-state index contributed by atoms with van der Waals surface area (Å²) in [6.45, 7) is 3.43. The van der Waals surface area contributed by atoms with E-state index in [9.17, 15) is 9.18 Å². The molecule has 1 N–H and O–H groups in total. The normalized spacial score (nSPS) is 23.0. The standard InChI is InChI=1S/C21H24BrFN4O3S/c1-26-18(14-4-3-13(23)11-15(14)22)17(21(28)29-2)16(12-27-6-8-30-9-7-27)25-19(26)20-24-5-10-31-20/h3-5,10-11,18-19,25H,6-9,12H2,1-2H3. The van der Waals surface area contributed by atoms with E-state index in [0.717, 1.165) is 29.4 Å². The summed E-state index contributed by atoms with van der Waals surface area (Å²) in [4.78, 5) is 21.8. The Morgan fingerprint density at radius 3 is 2.84 bits per heavy atom. The van der Waals surface area contributed by atoms with Gasteiger partial charge in [-0.1, -0.05) is 22.0 Å². The van der Waals surface area contributed by atoms with Gasteiger partial charge in [0.25, 0.3) is 0 Å². The number of thiazole rings is 1. The van der Waals surface area contributed by atoms with E-state index in [2.05, 4.69) is 31.1 Å². The Morgan fingerprint density at radius 1 is 1.42 bits per heavy atom. The highest BCUT2D eigenvalue weighted by Crippen LogP contribution is 2.42. The molecule has 0 radical (unpaired) electrons. The minimum absolute atomic E-state index is 0.244. The summed E-state index contributed by atoms with van der Waals surface area (Å²) >= 11 is 5.04. The minimum atomic E-state index is -0.450. The van der Waals surface area contributed by atoms with E-state index in [4.69, 9.17) is 9.47 Å². The highest BCUT2D eigenvalue weighted by atomic mass is 79.9. The fourth-order valence-electron chi connectivity index (χ4n) is 4.02. The number of aromatic nitrogens is 1. The van der Waals surface area contributed by atoms with Crippen LogP contribution in [0.1, 0.15) is 22.8 Å². The number of carbonyl (C=O) groups excluding carboxylic acids is 1. The molecule has 1 aromatic carbocycles. The van der Waals surface area contributed by atoms with Gasteiger partial charge in [-0.3, -0.25) is 9.80 Å². The van der Waals surface area contributed by atoms with E-state index in [1.54, 1.807) is 23.6 Å². The third-order valence-corrected chi connectivity index (χ3v) is 7.07. The van der Waals surface area contributed by atoms with Gasteiger partial charge in [-0.05, 0) is 24.7 Å². The second-order valence-electron chi connectivity index (χ2n) is 7.42. The number of carbonyl (C=O) groups is 1. The Labute approximate surface area is 193 Å². The number of likely N-dealkylation sites (N-methyl/N-ethyl adjacent to an activating group) is 1. The van der Waals surface area contributed by atoms with Crippen molar-refractivity contribution in [3.05, 3.63) is 61.9 Å². The van der Waals surface area contributed by atoms with E-state index >= 15 is 0 Å². The molecule has 1 saturated heterocycles. The van der Waals surface area contributed by atoms with Crippen molar-refractivity contribution in [2.75, 3.05) is 47.0 Å². The Hall–Kier alpha value is -1.85. The molecule has 10 heteroatoms. The van der Waals surface area contributed by atoms with Crippen molar-refractivity contribution in [1.82, 2.24) is 20.1 Å². The van der Waals surface area contributed by atoms with Crippen LogP contribution in [-0.2, 0) is 14.3 Å². The molecule has 4 rings (SSSR count). The summed E-state index contributed by atoms with van der Waals surface area (Å²) in [5.41, 5.74) is 2.08. The van der Waals surface area contributed by atoms with Crippen LogP contribution in [0.25, 0.3) is 0 Å².